The molecule has 2 aliphatic rings. The zero-order valence-electron chi connectivity index (χ0n) is 7.25. The predicted octanol–water partition coefficient (Wildman–Crippen LogP) is 3.23. The highest BCUT2D eigenvalue weighted by atomic mass is 14.3. The summed E-state index contributed by atoms with van der Waals surface area (Å²) < 4.78 is 0. The molecule has 0 aliphatic heterocycles. The summed E-state index contributed by atoms with van der Waals surface area (Å²) in [5.41, 5.74) is 6.38. The lowest BCUT2D eigenvalue weighted by atomic mass is 9.74. The Morgan fingerprint density at radius 1 is 1.00 bits per heavy atom. The fraction of sp³-hybridized carbons (Fsp3) is 0.0769. The van der Waals surface area contributed by atoms with E-state index in [4.69, 9.17) is 6.58 Å². The average Bonchev–Trinajstić information content (AvgIpc) is 2.15. The van der Waals surface area contributed by atoms with Gasteiger partial charge in [0.1, 0.15) is 0 Å². The van der Waals surface area contributed by atoms with Crippen LogP contribution in [-0.4, -0.2) is 0 Å². The van der Waals surface area contributed by atoms with Crippen molar-refractivity contribution in [3.8, 4) is 0 Å². The molecule has 0 atom stereocenters. The minimum Gasteiger partial charge on any atom is -0.0653 e. The molecule has 0 saturated heterocycles. The van der Waals surface area contributed by atoms with Gasteiger partial charge in [-0.25, -0.2) is 0 Å². The fourth-order valence-electron chi connectivity index (χ4n) is 2.02. The van der Waals surface area contributed by atoms with Gasteiger partial charge >= 0.3 is 0 Å². The molecule has 60 valence electrons. The van der Waals surface area contributed by atoms with Crippen LogP contribution in [0.15, 0.2) is 42.0 Å². The lowest BCUT2D eigenvalue weighted by Gasteiger charge is -2.25. The predicted molar refractivity (Wildman–Crippen MR) is 54.8 cm³/mol. The topological polar surface area (TPSA) is 0 Å². The Morgan fingerprint density at radius 2 is 1.69 bits per heavy atom. The Hall–Kier alpha value is -1.65. The van der Waals surface area contributed by atoms with E-state index in [0.29, 0.717) is 0 Å². The monoisotopic (exact) mass is 165 g/mol. The van der Waals surface area contributed by atoms with E-state index in [1.807, 2.05) is 0 Å². The van der Waals surface area contributed by atoms with E-state index in [1.54, 1.807) is 0 Å². The van der Waals surface area contributed by atoms with Crippen molar-refractivity contribution in [3.63, 3.8) is 0 Å². The van der Waals surface area contributed by atoms with Crippen LogP contribution in [-0.2, 0) is 0 Å². The highest BCUT2D eigenvalue weighted by Crippen LogP contribution is 2.47. The van der Waals surface area contributed by atoms with Gasteiger partial charge in [0.2, 0.25) is 0 Å². The summed E-state index contributed by atoms with van der Waals surface area (Å²) in [5, 5.41) is 0. The van der Waals surface area contributed by atoms with Gasteiger partial charge in [-0.15, -0.1) is 0 Å². The summed E-state index contributed by atoms with van der Waals surface area (Å²) in [4.78, 5) is 0. The van der Waals surface area contributed by atoms with E-state index in [-0.39, 0.29) is 0 Å². The van der Waals surface area contributed by atoms with Gasteiger partial charge in [-0.2, -0.15) is 0 Å². The summed E-state index contributed by atoms with van der Waals surface area (Å²) in [7, 11) is 0. The largest absolute Gasteiger partial charge is 0.168 e. The van der Waals surface area contributed by atoms with Crippen LogP contribution >= 0.6 is 0 Å². The molecule has 0 nitrogen and oxygen atoms in total. The first-order valence-corrected chi connectivity index (χ1v) is 4.49. The van der Waals surface area contributed by atoms with E-state index < -0.39 is 0 Å². The van der Waals surface area contributed by atoms with E-state index in [9.17, 15) is 0 Å². The fourth-order valence-corrected chi connectivity index (χ4v) is 2.02. The third-order valence-corrected chi connectivity index (χ3v) is 2.67. The normalized spacial score (nSPS) is 17.9. The van der Waals surface area contributed by atoms with Gasteiger partial charge in [0.25, 0.3) is 0 Å². The Bertz CT molecular complexity index is 459. The maximum atomic E-state index is 5.77. The summed E-state index contributed by atoms with van der Waals surface area (Å²) in [6, 6.07) is 8.47. The van der Waals surface area contributed by atoms with Gasteiger partial charge < -0.3 is 0 Å². The first kappa shape index (κ1) is 6.82. The van der Waals surface area contributed by atoms with Crippen LogP contribution < -0.4 is 0 Å². The molecule has 0 N–H and O–H groups in total. The lowest BCUT2D eigenvalue weighted by molar-refractivity contribution is 1.26. The second-order valence-electron chi connectivity index (χ2n) is 3.50. The van der Waals surface area contributed by atoms with Crippen molar-refractivity contribution in [1.82, 2.24) is 0 Å². The maximum absolute atomic E-state index is 5.77. The van der Waals surface area contributed by atoms with Crippen molar-refractivity contribution in [3.05, 3.63) is 59.7 Å². The number of hydrogen-bond donors (Lipinski definition) is 0. The highest BCUT2D eigenvalue weighted by Gasteiger charge is 2.30. The Kier molecular flexibility index (Phi) is 1.15. The summed E-state index contributed by atoms with van der Waals surface area (Å²) in [6.07, 6.45) is 5.21. The molecule has 0 radical (unpaired) electrons. The third kappa shape index (κ3) is 0.783. The highest BCUT2D eigenvalue weighted by molar-refractivity contribution is 6.18. The van der Waals surface area contributed by atoms with Crippen LogP contribution in [0.25, 0.3) is 11.1 Å². The number of hydrogen-bond acceptors (Lipinski definition) is 0. The molecule has 0 heterocycles. The Morgan fingerprint density at radius 3 is 2.46 bits per heavy atom. The van der Waals surface area contributed by atoms with E-state index in [2.05, 4.69) is 36.4 Å². The van der Waals surface area contributed by atoms with Crippen molar-refractivity contribution in [1.29, 1.82) is 0 Å². The first-order chi connectivity index (χ1) is 6.36. The lowest BCUT2D eigenvalue weighted by Crippen LogP contribution is -2.08. The van der Waals surface area contributed by atoms with E-state index >= 15 is 0 Å². The molecule has 13 heavy (non-hydrogen) atoms. The van der Waals surface area contributed by atoms with Crippen LogP contribution in [0.4, 0.5) is 0 Å². The third-order valence-electron chi connectivity index (χ3n) is 2.67. The molecule has 0 bridgehead atoms. The molecular formula is C13H9+. The number of allylic oxidation sites excluding steroid dienone is 5. The molecule has 0 heteroatoms. The summed E-state index contributed by atoms with van der Waals surface area (Å²) in [6.45, 7) is 5.77. The van der Waals surface area contributed by atoms with Gasteiger partial charge in [0.15, 0.2) is 5.57 Å². The van der Waals surface area contributed by atoms with E-state index in [1.165, 1.54) is 22.3 Å². The second kappa shape index (κ2) is 2.18. The molecule has 0 amide bonds. The SMILES string of the molecule is [CH+]=C1C=C2C(=CC1)c1ccccc12. The molecular weight excluding hydrogens is 156 g/mol. The van der Waals surface area contributed by atoms with Crippen LogP contribution in [0.5, 0.6) is 0 Å². The van der Waals surface area contributed by atoms with Crippen LogP contribution in [0, 0.1) is 6.58 Å². The summed E-state index contributed by atoms with van der Waals surface area (Å²) in [5.74, 6) is 0. The zero-order chi connectivity index (χ0) is 8.84. The van der Waals surface area contributed by atoms with Crippen molar-refractivity contribution in [2.24, 2.45) is 0 Å². The minimum absolute atomic E-state index is 0.896. The molecule has 0 aromatic heterocycles. The van der Waals surface area contributed by atoms with Gasteiger partial charge in [-0.05, 0) is 5.56 Å². The number of benzene rings is 1. The molecule has 0 saturated carbocycles. The van der Waals surface area contributed by atoms with E-state index in [0.717, 1.165) is 12.0 Å². The molecule has 0 spiro atoms. The zero-order valence-corrected chi connectivity index (χ0v) is 7.25. The molecule has 0 fully saturated rings. The van der Waals surface area contributed by atoms with Crippen molar-refractivity contribution in [2.75, 3.05) is 0 Å². The van der Waals surface area contributed by atoms with Crippen LogP contribution in [0.1, 0.15) is 17.5 Å². The molecule has 1 aromatic rings. The quantitative estimate of drug-likeness (QED) is 0.518. The molecule has 1 aromatic carbocycles. The molecule has 2 aliphatic carbocycles. The molecule has 3 rings (SSSR count). The summed E-state index contributed by atoms with van der Waals surface area (Å²) >= 11 is 0. The number of fused-ring (bicyclic) bond motifs is 4. The number of rotatable bonds is 0. The first-order valence-electron chi connectivity index (χ1n) is 4.49. The van der Waals surface area contributed by atoms with Gasteiger partial charge in [-0.1, -0.05) is 30.3 Å². The second-order valence-corrected chi connectivity index (χ2v) is 3.50. The van der Waals surface area contributed by atoms with Crippen LogP contribution in [0.3, 0.4) is 0 Å². The van der Waals surface area contributed by atoms with Gasteiger partial charge in [0.05, 0.1) is 18.2 Å². The van der Waals surface area contributed by atoms with Crippen molar-refractivity contribution >= 4 is 11.1 Å². The maximum Gasteiger partial charge on any atom is 0.168 e. The minimum atomic E-state index is 0.896. The molecule has 0 unspecified atom stereocenters. The Labute approximate surface area is 77.9 Å². The Balaban J connectivity index is 2.26. The average molecular weight is 165 g/mol. The van der Waals surface area contributed by atoms with Crippen molar-refractivity contribution < 1.29 is 0 Å². The van der Waals surface area contributed by atoms with Gasteiger partial charge in [0, 0.05) is 17.6 Å². The van der Waals surface area contributed by atoms with Crippen molar-refractivity contribution in [2.45, 2.75) is 6.42 Å². The van der Waals surface area contributed by atoms with Crippen LogP contribution in [0.2, 0.25) is 0 Å². The standard InChI is InChI=1S/C13H9/c1-9-6-7-12-10-4-2-3-5-11(10)13(12)8-9/h1-5,7-8H,6H2/q+1. The smallest absolute Gasteiger partial charge is 0.0653 e. The van der Waals surface area contributed by atoms with Gasteiger partial charge in [-0.3, -0.25) is 0 Å².